The maximum absolute atomic E-state index is 13.0. The lowest BCUT2D eigenvalue weighted by atomic mass is 10.0. The molecule has 2 heterocycles. The Morgan fingerprint density at radius 1 is 0.967 bits per heavy atom. The molecule has 0 spiro atoms. The van der Waals surface area contributed by atoms with Gasteiger partial charge in [0.05, 0.1) is 16.8 Å². The second kappa shape index (κ2) is 8.67. The van der Waals surface area contributed by atoms with E-state index in [2.05, 4.69) is 26.1 Å². The number of nitrogens with one attached hydrogen (secondary N) is 3. The first-order chi connectivity index (χ1) is 14.6. The zero-order chi connectivity index (χ0) is 20.9. The molecular formula is C23H19N5OS. The lowest BCUT2D eigenvalue weighted by Gasteiger charge is -2.14. The van der Waals surface area contributed by atoms with Crippen molar-refractivity contribution in [2.24, 2.45) is 0 Å². The third-order valence-electron chi connectivity index (χ3n) is 4.60. The van der Waals surface area contributed by atoms with Crippen molar-refractivity contribution in [3.05, 3.63) is 90.3 Å². The number of hydrogen-bond acceptors (Lipinski definition) is 4. The Balaban J connectivity index is 1.57. The van der Waals surface area contributed by atoms with Crippen molar-refractivity contribution in [1.82, 2.24) is 20.8 Å². The summed E-state index contributed by atoms with van der Waals surface area (Å²) in [5.74, 6) is -0.312. The SMILES string of the molecule is Cc1ccccc1NC(=S)NNC(=O)c1cc(-c2cccnc2)nc2ccccc12. The van der Waals surface area contributed by atoms with Crippen LogP contribution in [0.3, 0.4) is 0 Å². The fourth-order valence-corrected chi connectivity index (χ4v) is 3.23. The highest BCUT2D eigenvalue weighted by Crippen LogP contribution is 2.24. The van der Waals surface area contributed by atoms with E-state index < -0.39 is 0 Å². The van der Waals surface area contributed by atoms with Crippen LogP contribution in [0.25, 0.3) is 22.2 Å². The maximum Gasteiger partial charge on any atom is 0.270 e. The number of carbonyl (C=O) groups is 1. The first-order valence-corrected chi connectivity index (χ1v) is 9.76. The number of para-hydroxylation sites is 2. The number of thiocarbonyl (C=S) groups is 1. The van der Waals surface area contributed by atoms with Crippen molar-refractivity contribution < 1.29 is 4.79 Å². The number of hydrogen-bond donors (Lipinski definition) is 3. The summed E-state index contributed by atoms with van der Waals surface area (Å²) in [5.41, 5.74) is 10.1. The molecule has 3 N–H and O–H groups in total. The van der Waals surface area contributed by atoms with Gasteiger partial charge in [-0.25, -0.2) is 4.98 Å². The zero-order valence-electron chi connectivity index (χ0n) is 16.2. The van der Waals surface area contributed by atoms with Gasteiger partial charge in [-0.05, 0) is 55.0 Å². The van der Waals surface area contributed by atoms with E-state index in [9.17, 15) is 4.79 Å². The number of fused-ring (bicyclic) bond motifs is 1. The van der Waals surface area contributed by atoms with E-state index in [-0.39, 0.29) is 5.91 Å². The number of amides is 1. The summed E-state index contributed by atoms with van der Waals surface area (Å²) in [6.45, 7) is 1.98. The van der Waals surface area contributed by atoms with Gasteiger partial charge in [0.1, 0.15) is 0 Å². The lowest BCUT2D eigenvalue weighted by molar-refractivity contribution is 0.0946. The highest BCUT2D eigenvalue weighted by molar-refractivity contribution is 7.80. The fourth-order valence-electron chi connectivity index (χ4n) is 3.07. The van der Waals surface area contributed by atoms with E-state index in [0.717, 1.165) is 27.7 Å². The average Bonchev–Trinajstić information content (AvgIpc) is 2.79. The van der Waals surface area contributed by atoms with Crippen LogP contribution >= 0.6 is 12.2 Å². The van der Waals surface area contributed by atoms with Gasteiger partial charge in [0, 0.05) is 29.0 Å². The van der Waals surface area contributed by atoms with Crippen molar-refractivity contribution in [3.63, 3.8) is 0 Å². The molecule has 6 nitrogen and oxygen atoms in total. The molecule has 4 rings (SSSR count). The molecule has 0 aliphatic heterocycles. The first kappa shape index (κ1) is 19.5. The molecule has 2 aromatic heterocycles. The van der Waals surface area contributed by atoms with Gasteiger partial charge < -0.3 is 5.32 Å². The maximum atomic E-state index is 13.0. The number of aromatic nitrogens is 2. The molecule has 4 aromatic rings. The summed E-state index contributed by atoms with van der Waals surface area (Å²) in [6, 6.07) is 20.8. The molecule has 7 heteroatoms. The van der Waals surface area contributed by atoms with E-state index >= 15 is 0 Å². The van der Waals surface area contributed by atoms with Crippen LogP contribution in [0, 0.1) is 6.92 Å². The zero-order valence-corrected chi connectivity index (χ0v) is 17.0. The Bertz CT molecular complexity index is 1230. The largest absolute Gasteiger partial charge is 0.331 e. The van der Waals surface area contributed by atoms with Crippen LogP contribution in [-0.4, -0.2) is 21.0 Å². The summed E-state index contributed by atoms with van der Waals surface area (Å²) >= 11 is 5.30. The predicted molar refractivity (Wildman–Crippen MR) is 123 cm³/mol. The smallest absolute Gasteiger partial charge is 0.270 e. The highest BCUT2D eigenvalue weighted by atomic mass is 32.1. The van der Waals surface area contributed by atoms with E-state index in [4.69, 9.17) is 12.2 Å². The quantitative estimate of drug-likeness (QED) is 0.344. The minimum Gasteiger partial charge on any atom is -0.331 e. The molecule has 0 aliphatic carbocycles. The monoisotopic (exact) mass is 413 g/mol. The van der Waals surface area contributed by atoms with Gasteiger partial charge in [-0.2, -0.15) is 0 Å². The van der Waals surface area contributed by atoms with Gasteiger partial charge in [0.15, 0.2) is 5.11 Å². The summed E-state index contributed by atoms with van der Waals surface area (Å²) in [5, 5.41) is 4.12. The Labute approximate surface area is 179 Å². The fraction of sp³-hybridized carbons (Fsp3) is 0.0435. The Morgan fingerprint density at radius 3 is 2.57 bits per heavy atom. The van der Waals surface area contributed by atoms with Crippen molar-refractivity contribution in [1.29, 1.82) is 0 Å². The van der Waals surface area contributed by atoms with Gasteiger partial charge in [-0.15, -0.1) is 0 Å². The van der Waals surface area contributed by atoms with Gasteiger partial charge in [0.2, 0.25) is 0 Å². The molecule has 0 fully saturated rings. The number of anilines is 1. The third kappa shape index (κ3) is 4.26. The van der Waals surface area contributed by atoms with Crippen molar-refractivity contribution in [2.75, 3.05) is 5.32 Å². The van der Waals surface area contributed by atoms with E-state index in [1.807, 2.05) is 67.6 Å². The second-order valence-corrected chi connectivity index (χ2v) is 7.07. The number of aryl methyl sites for hydroxylation is 1. The van der Waals surface area contributed by atoms with Crippen LogP contribution in [0.4, 0.5) is 5.69 Å². The standard InChI is InChI=1S/C23H19N5OS/c1-15-7-2-4-10-19(15)26-23(30)28-27-22(29)18-13-21(16-8-6-12-24-14-16)25-20-11-5-3-9-17(18)20/h2-14H,1H3,(H,27,29)(H2,26,28,30). The summed E-state index contributed by atoms with van der Waals surface area (Å²) in [7, 11) is 0. The molecule has 0 unspecified atom stereocenters. The Hall–Kier alpha value is -3.84. The van der Waals surface area contributed by atoms with Crippen molar-refractivity contribution >= 4 is 39.8 Å². The number of pyridine rings is 2. The lowest BCUT2D eigenvalue weighted by Crippen LogP contribution is -2.43. The number of hydrazine groups is 1. The number of nitrogens with zero attached hydrogens (tertiary/aromatic N) is 2. The minimum atomic E-state index is -0.312. The molecule has 0 atom stereocenters. The number of benzene rings is 2. The van der Waals surface area contributed by atoms with Crippen LogP contribution in [0.15, 0.2) is 79.1 Å². The summed E-state index contributed by atoms with van der Waals surface area (Å²) in [4.78, 5) is 21.8. The van der Waals surface area contributed by atoms with Crippen LogP contribution in [0.5, 0.6) is 0 Å². The van der Waals surface area contributed by atoms with Crippen molar-refractivity contribution in [3.8, 4) is 11.3 Å². The molecular weight excluding hydrogens is 394 g/mol. The van der Waals surface area contributed by atoms with E-state index in [1.165, 1.54) is 0 Å². The molecule has 0 bridgehead atoms. The number of carbonyl (C=O) groups excluding carboxylic acids is 1. The van der Waals surface area contributed by atoms with E-state index in [0.29, 0.717) is 16.4 Å². The van der Waals surface area contributed by atoms with Crippen LogP contribution in [0.1, 0.15) is 15.9 Å². The van der Waals surface area contributed by atoms with Crippen LogP contribution < -0.4 is 16.2 Å². The Kier molecular flexibility index (Phi) is 5.63. The molecule has 0 aliphatic rings. The molecule has 1 amide bonds. The second-order valence-electron chi connectivity index (χ2n) is 6.66. The topological polar surface area (TPSA) is 78.9 Å². The number of rotatable bonds is 3. The summed E-state index contributed by atoms with van der Waals surface area (Å²) in [6.07, 6.45) is 3.42. The van der Waals surface area contributed by atoms with Gasteiger partial charge in [-0.3, -0.25) is 20.6 Å². The summed E-state index contributed by atoms with van der Waals surface area (Å²) < 4.78 is 0. The van der Waals surface area contributed by atoms with Crippen molar-refractivity contribution in [2.45, 2.75) is 6.92 Å². The molecule has 2 aromatic carbocycles. The molecule has 30 heavy (non-hydrogen) atoms. The molecule has 148 valence electrons. The van der Waals surface area contributed by atoms with Crippen LogP contribution in [0.2, 0.25) is 0 Å². The average molecular weight is 414 g/mol. The van der Waals surface area contributed by atoms with Crippen LogP contribution in [-0.2, 0) is 0 Å². The molecule has 0 saturated heterocycles. The Morgan fingerprint density at radius 2 is 1.77 bits per heavy atom. The molecule has 0 radical (unpaired) electrons. The first-order valence-electron chi connectivity index (χ1n) is 9.35. The van der Waals surface area contributed by atoms with Gasteiger partial charge in [-0.1, -0.05) is 36.4 Å². The van der Waals surface area contributed by atoms with Gasteiger partial charge >= 0.3 is 0 Å². The minimum absolute atomic E-state index is 0.295. The molecule has 0 saturated carbocycles. The third-order valence-corrected chi connectivity index (χ3v) is 4.81. The normalized spacial score (nSPS) is 10.4. The highest BCUT2D eigenvalue weighted by Gasteiger charge is 2.14. The predicted octanol–water partition coefficient (Wildman–Crippen LogP) is 4.24. The van der Waals surface area contributed by atoms with Gasteiger partial charge in [0.25, 0.3) is 5.91 Å². The van der Waals surface area contributed by atoms with E-state index in [1.54, 1.807) is 18.5 Å².